The SMILES string of the molecule is CCCOc1ccc(/C=C2/C(=O)NN(c3ccccc3Cl)C2=O)c(C)c1C. The second-order valence-electron chi connectivity index (χ2n) is 6.34. The average molecular weight is 385 g/mol. The Balaban J connectivity index is 1.93. The van der Waals surface area contributed by atoms with Crippen molar-refractivity contribution in [2.24, 2.45) is 0 Å². The first kappa shape index (κ1) is 19.0. The number of para-hydroxylation sites is 1. The maximum Gasteiger partial charge on any atom is 0.282 e. The van der Waals surface area contributed by atoms with Crippen molar-refractivity contribution in [3.8, 4) is 5.75 Å². The van der Waals surface area contributed by atoms with Gasteiger partial charge in [-0.25, -0.2) is 5.01 Å². The van der Waals surface area contributed by atoms with E-state index in [1.54, 1.807) is 30.3 Å². The summed E-state index contributed by atoms with van der Waals surface area (Å²) < 4.78 is 5.73. The molecule has 1 aliphatic rings. The number of halogens is 1. The van der Waals surface area contributed by atoms with Crippen molar-refractivity contribution in [3.63, 3.8) is 0 Å². The highest BCUT2D eigenvalue weighted by molar-refractivity contribution is 6.37. The Labute approximate surface area is 163 Å². The molecule has 2 aromatic rings. The Hall–Kier alpha value is -2.79. The molecule has 0 unspecified atom stereocenters. The van der Waals surface area contributed by atoms with E-state index in [0.717, 1.165) is 28.9 Å². The molecule has 5 nitrogen and oxygen atoms in total. The molecule has 3 rings (SSSR count). The molecule has 1 aliphatic heterocycles. The van der Waals surface area contributed by atoms with Gasteiger partial charge in [-0.15, -0.1) is 0 Å². The number of ether oxygens (including phenoxy) is 1. The first-order valence-corrected chi connectivity index (χ1v) is 9.16. The Kier molecular flexibility index (Phi) is 5.51. The van der Waals surface area contributed by atoms with E-state index in [1.165, 1.54) is 5.01 Å². The van der Waals surface area contributed by atoms with E-state index in [2.05, 4.69) is 12.3 Å². The van der Waals surface area contributed by atoms with Gasteiger partial charge in [0, 0.05) is 0 Å². The number of nitrogens with one attached hydrogen (secondary N) is 1. The van der Waals surface area contributed by atoms with Gasteiger partial charge in [-0.3, -0.25) is 15.0 Å². The van der Waals surface area contributed by atoms with E-state index >= 15 is 0 Å². The lowest BCUT2D eigenvalue weighted by atomic mass is 10.00. The number of rotatable bonds is 5. The van der Waals surface area contributed by atoms with Gasteiger partial charge in [0.05, 0.1) is 17.3 Å². The van der Waals surface area contributed by atoms with Crippen molar-refractivity contribution in [2.75, 3.05) is 11.6 Å². The van der Waals surface area contributed by atoms with Crippen LogP contribution in [-0.4, -0.2) is 18.4 Å². The minimum Gasteiger partial charge on any atom is -0.493 e. The summed E-state index contributed by atoms with van der Waals surface area (Å²) in [5.74, 6) is -0.0730. The average Bonchev–Trinajstić information content (AvgIpc) is 2.93. The Morgan fingerprint density at radius 1 is 1.11 bits per heavy atom. The van der Waals surface area contributed by atoms with Crippen LogP contribution in [-0.2, 0) is 9.59 Å². The van der Waals surface area contributed by atoms with Crippen LogP contribution in [0.2, 0.25) is 5.02 Å². The van der Waals surface area contributed by atoms with Crippen molar-refractivity contribution in [1.29, 1.82) is 0 Å². The van der Waals surface area contributed by atoms with Crippen LogP contribution in [0, 0.1) is 13.8 Å². The number of anilines is 1. The van der Waals surface area contributed by atoms with Crippen LogP contribution in [0.15, 0.2) is 42.0 Å². The largest absolute Gasteiger partial charge is 0.493 e. The van der Waals surface area contributed by atoms with Crippen molar-refractivity contribution in [3.05, 3.63) is 63.7 Å². The monoisotopic (exact) mass is 384 g/mol. The van der Waals surface area contributed by atoms with Gasteiger partial charge in [-0.1, -0.05) is 36.7 Å². The number of carbonyl (C=O) groups is 2. The molecule has 1 saturated heterocycles. The van der Waals surface area contributed by atoms with Gasteiger partial charge in [0.2, 0.25) is 0 Å². The molecule has 0 saturated carbocycles. The van der Waals surface area contributed by atoms with Crippen LogP contribution in [0.5, 0.6) is 5.75 Å². The van der Waals surface area contributed by atoms with Crippen molar-refractivity contribution in [1.82, 2.24) is 5.43 Å². The first-order chi connectivity index (χ1) is 12.9. The maximum absolute atomic E-state index is 12.8. The number of hydrogen-bond acceptors (Lipinski definition) is 3. The van der Waals surface area contributed by atoms with Crippen LogP contribution in [0.25, 0.3) is 6.08 Å². The van der Waals surface area contributed by atoms with E-state index < -0.39 is 11.8 Å². The summed E-state index contributed by atoms with van der Waals surface area (Å²) in [5.41, 5.74) is 5.84. The van der Waals surface area contributed by atoms with Gasteiger partial charge < -0.3 is 4.74 Å². The lowest BCUT2D eigenvalue weighted by molar-refractivity contribution is -0.117. The second kappa shape index (κ2) is 7.84. The smallest absolute Gasteiger partial charge is 0.282 e. The predicted octanol–water partition coefficient (Wildman–Crippen LogP) is 4.21. The molecule has 2 amide bonds. The van der Waals surface area contributed by atoms with Crippen LogP contribution >= 0.6 is 11.6 Å². The molecule has 0 radical (unpaired) electrons. The molecule has 2 aromatic carbocycles. The number of nitrogens with zero attached hydrogens (tertiary/aromatic N) is 1. The Morgan fingerprint density at radius 2 is 1.85 bits per heavy atom. The van der Waals surface area contributed by atoms with Gasteiger partial charge in [-0.05, 0) is 61.2 Å². The summed E-state index contributed by atoms with van der Waals surface area (Å²) in [6.45, 7) is 6.61. The fourth-order valence-electron chi connectivity index (χ4n) is 2.86. The third-order valence-electron chi connectivity index (χ3n) is 4.53. The van der Waals surface area contributed by atoms with Crippen molar-refractivity contribution in [2.45, 2.75) is 27.2 Å². The van der Waals surface area contributed by atoms with Crippen LogP contribution < -0.4 is 15.2 Å². The highest BCUT2D eigenvalue weighted by atomic mass is 35.5. The zero-order valence-corrected chi connectivity index (χ0v) is 16.3. The van der Waals surface area contributed by atoms with E-state index in [0.29, 0.717) is 17.3 Å². The highest BCUT2D eigenvalue weighted by Crippen LogP contribution is 2.30. The standard InChI is InChI=1S/C21H21ClN2O3/c1-4-11-27-19-10-9-15(13(2)14(19)3)12-16-20(25)23-24(21(16)26)18-8-6-5-7-17(18)22/h5-10,12H,4,11H2,1-3H3,(H,23,25)/b16-12-. The minimum absolute atomic E-state index is 0.0691. The summed E-state index contributed by atoms with van der Waals surface area (Å²) >= 11 is 6.15. The number of benzene rings is 2. The van der Waals surface area contributed by atoms with Gasteiger partial charge in [0.15, 0.2) is 0 Å². The van der Waals surface area contributed by atoms with Crippen molar-refractivity contribution < 1.29 is 14.3 Å². The molecule has 6 heteroatoms. The molecule has 0 bridgehead atoms. The Bertz CT molecular complexity index is 937. The number of hydrazine groups is 1. The quantitative estimate of drug-likeness (QED) is 0.620. The number of amides is 2. The molecule has 27 heavy (non-hydrogen) atoms. The lowest BCUT2D eigenvalue weighted by Crippen LogP contribution is -2.35. The molecule has 1 N–H and O–H groups in total. The molecule has 1 fully saturated rings. The lowest BCUT2D eigenvalue weighted by Gasteiger charge is -2.15. The number of hydrogen-bond donors (Lipinski definition) is 1. The molecule has 0 aromatic heterocycles. The van der Waals surface area contributed by atoms with Gasteiger partial charge in [0.1, 0.15) is 11.3 Å². The molecular weight excluding hydrogens is 364 g/mol. The zero-order valence-electron chi connectivity index (χ0n) is 15.5. The fourth-order valence-corrected chi connectivity index (χ4v) is 3.08. The third-order valence-corrected chi connectivity index (χ3v) is 4.85. The van der Waals surface area contributed by atoms with Crippen LogP contribution in [0.4, 0.5) is 5.69 Å². The van der Waals surface area contributed by atoms with Gasteiger partial charge in [0.25, 0.3) is 11.8 Å². The number of carbonyl (C=O) groups excluding carboxylic acids is 2. The van der Waals surface area contributed by atoms with E-state index in [9.17, 15) is 9.59 Å². The summed E-state index contributed by atoms with van der Waals surface area (Å²) in [7, 11) is 0. The van der Waals surface area contributed by atoms with Crippen LogP contribution in [0.1, 0.15) is 30.0 Å². The van der Waals surface area contributed by atoms with Crippen molar-refractivity contribution >= 4 is 35.2 Å². The normalized spacial score (nSPS) is 15.4. The topological polar surface area (TPSA) is 58.6 Å². The zero-order chi connectivity index (χ0) is 19.6. The summed E-state index contributed by atoms with van der Waals surface area (Å²) in [6.07, 6.45) is 2.54. The molecule has 0 atom stereocenters. The van der Waals surface area contributed by atoms with Crippen LogP contribution in [0.3, 0.4) is 0 Å². The summed E-state index contributed by atoms with van der Waals surface area (Å²) in [4.78, 5) is 25.1. The molecule has 0 aliphatic carbocycles. The third kappa shape index (κ3) is 3.69. The minimum atomic E-state index is -0.455. The molecule has 1 heterocycles. The summed E-state index contributed by atoms with van der Waals surface area (Å²) in [6, 6.07) is 10.6. The maximum atomic E-state index is 12.8. The molecule has 140 valence electrons. The highest BCUT2D eigenvalue weighted by Gasteiger charge is 2.35. The second-order valence-corrected chi connectivity index (χ2v) is 6.75. The van der Waals surface area contributed by atoms with E-state index in [1.807, 2.05) is 26.0 Å². The van der Waals surface area contributed by atoms with E-state index in [-0.39, 0.29) is 5.57 Å². The first-order valence-electron chi connectivity index (χ1n) is 8.78. The fraction of sp³-hybridized carbons (Fsp3) is 0.238. The predicted molar refractivity (Wildman–Crippen MR) is 107 cm³/mol. The van der Waals surface area contributed by atoms with E-state index in [4.69, 9.17) is 16.3 Å². The molecule has 0 spiro atoms. The van der Waals surface area contributed by atoms with Gasteiger partial charge in [-0.2, -0.15) is 0 Å². The molecular formula is C21H21ClN2O3. The Morgan fingerprint density at radius 3 is 2.56 bits per heavy atom. The summed E-state index contributed by atoms with van der Waals surface area (Å²) in [5, 5.41) is 1.56. The van der Waals surface area contributed by atoms with Gasteiger partial charge >= 0.3 is 0 Å².